The second-order valence-electron chi connectivity index (χ2n) is 8.13. The van der Waals surface area contributed by atoms with E-state index in [0.717, 1.165) is 34.6 Å². The third-order valence-electron chi connectivity index (χ3n) is 5.44. The number of ether oxygens (including phenoxy) is 2. The highest BCUT2D eigenvalue weighted by Crippen LogP contribution is 2.43. The summed E-state index contributed by atoms with van der Waals surface area (Å²) in [6.07, 6.45) is 4.89. The summed E-state index contributed by atoms with van der Waals surface area (Å²) in [6.45, 7) is 7.59. The zero-order chi connectivity index (χ0) is 20.1. The fourth-order valence-corrected chi connectivity index (χ4v) is 3.95. The molecule has 0 amide bonds. The minimum atomic E-state index is -0.326. The molecule has 0 radical (unpaired) electrons. The first-order chi connectivity index (χ1) is 13.2. The SMILES string of the molecule is CC(=O)c1ccc([C@@H]2COc3c(ccc4c3C=CC(C)(C)O4)C2)c(C(C)=O)c1. The molecule has 2 aliphatic rings. The Bertz CT molecular complexity index is 1010. The zero-order valence-corrected chi connectivity index (χ0v) is 16.7. The number of fused-ring (bicyclic) bond motifs is 3. The van der Waals surface area contributed by atoms with E-state index in [0.29, 0.717) is 17.7 Å². The molecule has 0 saturated heterocycles. The van der Waals surface area contributed by atoms with Crippen LogP contribution in [0.2, 0.25) is 0 Å². The van der Waals surface area contributed by atoms with E-state index in [4.69, 9.17) is 9.47 Å². The topological polar surface area (TPSA) is 52.6 Å². The van der Waals surface area contributed by atoms with E-state index < -0.39 is 0 Å². The smallest absolute Gasteiger partial charge is 0.160 e. The van der Waals surface area contributed by atoms with Gasteiger partial charge in [-0.05, 0) is 69.5 Å². The molecule has 0 bridgehead atoms. The van der Waals surface area contributed by atoms with Gasteiger partial charge in [0.25, 0.3) is 0 Å². The van der Waals surface area contributed by atoms with Crippen LogP contribution in [0.5, 0.6) is 11.5 Å². The molecule has 144 valence electrons. The highest BCUT2D eigenvalue weighted by atomic mass is 16.5. The Balaban J connectivity index is 1.69. The van der Waals surface area contributed by atoms with Crippen LogP contribution in [0.4, 0.5) is 0 Å². The molecule has 0 aromatic heterocycles. The van der Waals surface area contributed by atoms with Crippen LogP contribution >= 0.6 is 0 Å². The molecule has 4 rings (SSSR count). The lowest BCUT2D eigenvalue weighted by molar-refractivity contribution is 0.101. The van der Waals surface area contributed by atoms with Gasteiger partial charge in [-0.1, -0.05) is 18.2 Å². The van der Waals surface area contributed by atoms with Crippen molar-refractivity contribution < 1.29 is 19.1 Å². The van der Waals surface area contributed by atoms with Gasteiger partial charge in [0.05, 0.1) is 12.2 Å². The van der Waals surface area contributed by atoms with Gasteiger partial charge in [-0.15, -0.1) is 0 Å². The average Bonchev–Trinajstić information content (AvgIpc) is 2.65. The van der Waals surface area contributed by atoms with Gasteiger partial charge in [0.1, 0.15) is 17.1 Å². The second-order valence-corrected chi connectivity index (χ2v) is 8.13. The number of hydrogen-bond acceptors (Lipinski definition) is 4. The van der Waals surface area contributed by atoms with Gasteiger partial charge in [-0.3, -0.25) is 9.59 Å². The number of carbonyl (C=O) groups is 2. The monoisotopic (exact) mass is 376 g/mol. The van der Waals surface area contributed by atoms with Crippen molar-refractivity contribution in [2.45, 2.75) is 45.6 Å². The van der Waals surface area contributed by atoms with Crippen molar-refractivity contribution in [1.29, 1.82) is 0 Å². The van der Waals surface area contributed by atoms with Crippen molar-refractivity contribution in [3.8, 4) is 11.5 Å². The number of carbonyl (C=O) groups excluding carboxylic acids is 2. The zero-order valence-electron chi connectivity index (χ0n) is 16.7. The lowest BCUT2D eigenvalue weighted by Crippen LogP contribution is -2.28. The second kappa shape index (κ2) is 6.62. The predicted octanol–water partition coefficient (Wildman–Crippen LogP) is 4.99. The first kappa shape index (κ1) is 18.5. The van der Waals surface area contributed by atoms with Crippen LogP contribution in [0.15, 0.2) is 36.4 Å². The van der Waals surface area contributed by atoms with Gasteiger partial charge in [-0.25, -0.2) is 0 Å². The summed E-state index contributed by atoms with van der Waals surface area (Å²) < 4.78 is 12.2. The molecule has 0 spiro atoms. The van der Waals surface area contributed by atoms with Crippen molar-refractivity contribution in [3.05, 3.63) is 64.2 Å². The highest BCUT2D eigenvalue weighted by Gasteiger charge is 2.30. The Kier molecular flexibility index (Phi) is 4.37. The molecule has 2 heterocycles. The lowest BCUT2D eigenvalue weighted by atomic mass is 9.84. The van der Waals surface area contributed by atoms with E-state index >= 15 is 0 Å². The Morgan fingerprint density at radius 2 is 1.86 bits per heavy atom. The van der Waals surface area contributed by atoms with Crippen molar-refractivity contribution in [2.75, 3.05) is 6.61 Å². The first-order valence-electron chi connectivity index (χ1n) is 9.58. The summed E-state index contributed by atoms with van der Waals surface area (Å²) in [4.78, 5) is 23.9. The standard InChI is InChI=1S/C24H24O4/c1-14(25)16-5-7-19(21(12-16)15(2)26)18-11-17-6-8-22-20(23(17)27-13-18)9-10-24(3,4)28-22/h5-10,12,18H,11,13H2,1-4H3/t18-/m0/s1. The average molecular weight is 376 g/mol. The van der Waals surface area contributed by atoms with E-state index in [1.54, 1.807) is 19.1 Å². The van der Waals surface area contributed by atoms with Crippen molar-refractivity contribution in [1.82, 2.24) is 0 Å². The Hall–Kier alpha value is -2.88. The van der Waals surface area contributed by atoms with Crippen LogP contribution in [0.25, 0.3) is 6.08 Å². The van der Waals surface area contributed by atoms with Gasteiger partial charge in [-0.2, -0.15) is 0 Å². The summed E-state index contributed by atoms with van der Waals surface area (Å²) in [6, 6.07) is 9.45. The normalized spacial score (nSPS) is 19.1. The Labute approximate surface area is 165 Å². The van der Waals surface area contributed by atoms with Crippen molar-refractivity contribution in [2.24, 2.45) is 0 Å². The summed E-state index contributed by atoms with van der Waals surface area (Å²) in [5.41, 5.74) is 3.86. The summed E-state index contributed by atoms with van der Waals surface area (Å²) in [7, 11) is 0. The van der Waals surface area contributed by atoms with Crippen LogP contribution in [-0.2, 0) is 6.42 Å². The van der Waals surface area contributed by atoms with Gasteiger partial charge < -0.3 is 9.47 Å². The largest absolute Gasteiger partial charge is 0.492 e. The summed E-state index contributed by atoms with van der Waals surface area (Å²) in [5.74, 6) is 1.69. The molecule has 2 aliphatic heterocycles. The number of Topliss-reactive ketones (excluding diaryl/α,β-unsaturated/α-hetero) is 2. The van der Waals surface area contributed by atoms with Crippen LogP contribution in [-0.4, -0.2) is 23.8 Å². The lowest BCUT2D eigenvalue weighted by Gasteiger charge is -2.32. The molecule has 0 N–H and O–H groups in total. The molecule has 4 nitrogen and oxygen atoms in total. The number of benzene rings is 2. The van der Waals surface area contributed by atoms with Crippen molar-refractivity contribution in [3.63, 3.8) is 0 Å². The third-order valence-corrected chi connectivity index (χ3v) is 5.44. The van der Waals surface area contributed by atoms with Crippen molar-refractivity contribution >= 4 is 17.6 Å². The molecule has 2 aromatic rings. The van der Waals surface area contributed by atoms with E-state index in [2.05, 4.69) is 6.08 Å². The van der Waals surface area contributed by atoms with Crippen LogP contribution in [0.1, 0.15) is 71.0 Å². The number of hydrogen-bond donors (Lipinski definition) is 0. The Morgan fingerprint density at radius 3 is 2.57 bits per heavy atom. The first-order valence-corrected chi connectivity index (χ1v) is 9.58. The van der Waals surface area contributed by atoms with E-state index in [9.17, 15) is 9.59 Å². The van der Waals surface area contributed by atoms with Crippen LogP contribution in [0.3, 0.4) is 0 Å². The van der Waals surface area contributed by atoms with E-state index in [1.165, 1.54) is 6.92 Å². The maximum absolute atomic E-state index is 12.2. The molecular formula is C24H24O4. The molecule has 0 fully saturated rings. The molecule has 0 unspecified atom stereocenters. The maximum atomic E-state index is 12.2. The molecule has 4 heteroatoms. The van der Waals surface area contributed by atoms with Gasteiger partial charge in [0.2, 0.25) is 0 Å². The predicted molar refractivity (Wildman–Crippen MR) is 109 cm³/mol. The minimum absolute atomic E-state index is 0.0343. The molecule has 0 saturated carbocycles. The van der Waals surface area contributed by atoms with Crippen LogP contribution in [0, 0.1) is 0 Å². The van der Waals surface area contributed by atoms with Gasteiger partial charge in [0, 0.05) is 17.0 Å². The van der Waals surface area contributed by atoms with Gasteiger partial charge >= 0.3 is 0 Å². The fraction of sp³-hybridized carbons (Fsp3) is 0.333. The maximum Gasteiger partial charge on any atom is 0.160 e. The van der Waals surface area contributed by atoms with E-state index in [-0.39, 0.29) is 23.1 Å². The fourth-order valence-electron chi connectivity index (χ4n) is 3.95. The minimum Gasteiger partial charge on any atom is -0.492 e. The quantitative estimate of drug-likeness (QED) is 0.708. The molecule has 1 atom stereocenters. The molecule has 28 heavy (non-hydrogen) atoms. The van der Waals surface area contributed by atoms with E-state index in [1.807, 2.05) is 38.1 Å². The van der Waals surface area contributed by atoms with Gasteiger partial charge in [0.15, 0.2) is 11.6 Å². The molecular weight excluding hydrogens is 352 g/mol. The summed E-state index contributed by atoms with van der Waals surface area (Å²) >= 11 is 0. The van der Waals surface area contributed by atoms with Crippen LogP contribution < -0.4 is 9.47 Å². The molecule has 2 aromatic carbocycles. The number of ketones is 2. The highest BCUT2D eigenvalue weighted by molar-refractivity contribution is 6.00. The third kappa shape index (κ3) is 3.24. The number of rotatable bonds is 3. The Morgan fingerprint density at radius 1 is 1.07 bits per heavy atom. The molecule has 0 aliphatic carbocycles. The summed E-state index contributed by atoms with van der Waals surface area (Å²) in [5, 5.41) is 0.